The summed E-state index contributed by atoms with van der Waals surface area (Å²) in [7, 11) is 1.93. The quantitative estimate of drug-likeness (QED) is 0.588. The Morgan fingerprint density at radius 2 is 1.82 bits per heavy atom. The molecule has 0 spiro atoms. The van der Waals surface area contributed by atoms with E-state index in [1.165, 1.54) is 12.8 Å². The SMILES string of the molecule is CC(C)(O)C(C)(C)C1CC1.C[B]/C=C/OCC. The molecule has 0 saturated heterocycles. The highest BCUT2D eigenvalue weighted by Gasteiger charge is 2.46. The predicted octanol–water partition coefficient (Wildman–Crippen LogP) is 3.44. The highest BCUT2D eigenvalue weighted by molar-refractivity contribution is 6.40. The molecule has 0 aromatic rings. The molecule has 0 bridgehead atoms. The number of hydrogen-bond acceptors (Lipinski definition) is 2. The van der Waals surface area contributed by atoms with E-state index in [4.69, 9.17) is 4.74 Å². The molecule has 0 aliphatic heterocycles. The lowest BCUT2D eigenvalue weighted by Crippen LogP contribution is -2.40. The van der Waals surface area contributed by atoms with Crippen LogP contribution in [0.4, 0.5) is 0 Å². The standard InChI is InChI=1S/C9H18O.C5H10BO/c1-8(2,7-5-6-7)9(3,4)10;1-3-7-5-4-6-2/h7,10H,5-6H2,1-4H3;4-5H,3H2,1-2H3/b;5-4+. The second kappa shape index (κ2) is 7.10. The molecule has 1 rings (SSSR count). The van der Waals surface area contributed by atoms with Crippen LogP contribution in [0.2, 0.25) is 6.82 Å². The Labute approximate surface area is 108 Å². The summed E-state index contributed by atoms with van der Waals surface area (Å²) in [5.74, 6) is 2.62. The van der Waals surface area contributed by atoms with Crippen LogP contribution >= 0.6 is 0 Å². The highest BCUT2D eigenvalue weighted by Crippen LogP contribution is 2.50. The van der Waals surface area contributed by atoms with Gasteiger partial charge in [-0.05, 0) is 44.9 Å². The second-order valence-electron chi connectivity index (χ2n) is 5.67. The van der Waals surface area contributed by atoms with Gasteiger partial charge in [0.25, 0.3) is 0 Å². The van der Waals surface area contributed by atoms with Crippen LogP contribution in [0.3, 0.4) is 0 Å². The van der Waals surface area contributed by atoms with Crippen molar-refractivity contribution in [2.45, 2.75) is 59.9 Å². The molecule has 0 aromatic carbocycles. The van der Waals surface area contributed by atoms with Gasteiger partial charge < -0.3 is 9.84 Å². The van der Waals surface area contributed by atoms with Gasteiger partial charge in [-0.2, -0.15) is 0 Å². The van der Waals surface area contributed by atoms with Gasteiger partial charge in [0.15, 0.2) is 0 Å². The van der Waals surface area contributed by atoms with Crippen molar-refractivity contribution in [2.75, 3.05) is 6.61 Å². The molecule has 17 heavy (non-hydrogen) atoms. The van der Waals surface area contributed by atoms with Crippen LogP contribution in [0.5, 0.6) is 0 Å². The third-order valence-electron chi connectivity index (χ3n) is 3.71. The molecule has 1 aliphatic rings. The smallest absolute Gasteiger partial charge is 0.142 e. The van der Waals surface area contributed by atoms with Crippen molar-refractivity contribution >= 4 is 7.28 Å². The molecule has 0 heterocycles. The van der Waals surface area contributed by atoms with Gasteiger partial charge in [0.05, 0.1) is 18.5 Å². The van der Waals surface area contributed by atoms with Gasteiger partial charge in [0, 0.05) is 0 Å². The van der Waals surface area contributed by atoms with Crippen molar-refractivity contribution in [1.82, 2.24) is 0 Å². The third kappa shape index (κ3) is 6.16. The van der Waals surface area contributed by atoms with Gasteiger partial charge in [-0.1, -0.05) is 26.6 Å². The van der Waals surface area contributed by atoms with E-state index in [2.05, 4.69) is 13.8 Å². The van der Waals surface area contributed by atoms with Crippen LogP contribution in [-0.2, 0) is 4.74 Å². The Bertz CT molecular complexity index is 225. The first kappa shape index (κ1) is 16.6. The fourth-order valence-corrected chi connectivity index (χ4v) is 1.53. The van der Waals surface area contributed by atoms with Crippen LogP contribution < -0.4 is 0 Å². The van der Waals surface area contributed by atoms with Crippen molar-refractivity contribution in [2.24, 2.45) is 11.3 Å². The Morgan fingerprint density at radius 3 is 2.06 bits per heavy atom. The zero-order chi connectivity index (χ0) is 13.5. The van der Waals surface area contributed by atoms with E-state index in [0.29, 0.717) is 0 Å². The first-order valence-corrected chi connectivity index (χ1v) is 6.55. The minimum atomic E-state index is -0.520. The summed E-state index contributed by atoms with van der Waals surface area (Å²) in [4.78, 5) is 0. The van der Waals surface area contributed by atoms with E-state index in [1.54, 1.807) is 6.26 Å². The summed E-state index contributed by atoms with van der Waals surface area (Å²) in [6, 6.07) is 0. The highest BCUT2D eigenvalue weighted by atomic mass is 16.5. The van der Waals surface area contributed by atoms with E-state index < -0.39 is 5.60 Å². The lowest BCUT2D eigenvalue weighted by atomic mass is 9.73. The molecule has 1 aliphatic carbocycles. The monoisotopic (exact) mass is 239 g/mol. The summed E-state index contributed by atoms with van der Waals surface area (Å²) in [5, 5.41) is 9.76. The molecule has 0 unspecified atom stereocenters. The minimum absolute atomic E-state index is 0.104. The average molecular weight is 239 g/mol. The molecule has 1 fully saturated rings. The first-order chi connectivity index (χ1) is 7.77. The van der Waals surface area contributed by atoms with Crippen molar-refractivity contribution in [3.05, 3.63) is 12.2 Å². The molecule has 3 heteroatoms. The van der Waals surface area contributed by atoms with Crippen molar-refractivity contribution in [1.29, 1.82) is 0 Å². The maximum absolute atomic E-state index is 9.76. The van der Waals surface area contributed by atoms with Gasteiger partial charge in [-0.25, -0.2) is 0 Å². The normalized spacial score (nSPS) is 16.4. The van der Waals surface area contributed by atoms with Crippen LogP contribution in [0.15, 0.2) is 12.2 Å². The number of aliphatic hydroxyl groups is 1. The largest absolute Gasteiger partial charge is 0.503 e. The first-order valence-electron chi connectivity index (χ1n) is 6.55. The van der Waals surface area contributed by atoms with Crippen molar-refractivity contribution in [3.8, 4) is 0 Å². The van der Waals surface area contributed by atoms with Crippen LogP contribution in [0.1, 0.15) is 47.5 Å². The third-order valence-corrected chi connectivity index (χ3v) is 3.71. The average Bonchev–Trinajstić information content (AvgIpc) is 3.01. The molecule has 2 nitrogen and oxygen atoms in total. The van der Waals surface area contributed by atoms with E-state index >= 15 is 0 Å². The Balaban J connectivity index is 0.000000325. The summed E-state index contributed by atoms with van der Waals surface area (Å²) in [6.07, 6.45) is 4.29. The molecule has 1 N–H and O–H groups in total. The Morgan fingerprint density at radius 1 is 1.29 bits per heavy atom. The molecule has 1 saturated carbocycles. The second-order valence-corrected chi connectivity index (χ2v) is 5.67. The van der Waals surface area contributed by atoms with E-state index in [0.717, 1.165) is 12.5 Å². The topological polar surface area (TPSA) is 29.5 Å². The van der Waals surface area contributed by atoms with Gasteiger partial charge in [0.2, 0.25) is 0 Å². The summed E-state index contributed by atoms with van der Waals surface area (Å²) in [5.41, 5.74) is -0.416. The lowest BCUT2D eigenvalue weighted by molar-refractivity contribution is -0.0475. The predicted molar refractivity (Wildman–Crippen MR) is 75.2 cm³/mol. The number of rotatable bonds is 5. The molecular formula is C14H28BO2. The van der Waals surface area contributed by atoms with Gasteiger partial charge in [-0.3, -0.25) is 0 Å². The maximum atomic E-state index is 9.76. The van der Waals surface area contributed by atoms with E-state index in [9.17, 15) is 5.11 Å². The van der Waals surface area contributed by atoms with E-state index in [-0.39, 0.29) is 5.41 Å². The van der Waals surface area contributed by atoms with Crippen molar-refractivity contribution < 1.29 is 9.84 Å². The summed E-state index contributed by atoms with van der Waals surface area (Å²) >= 11 is 0. The molecule has 0 atom stereocenters. The minimum Gasteiger partial charge on any atom is -0.503 e. The molecule has 99 valence electrons. The summed E-state index contributed by atoms with van der Waals surface area (Å²) in [6.45, 7) is 12.8. The van der Waals surface area contributed by atoms with Crippen LogP contribution in [0.25, 0.3) is 0 Å². The summed E-state index contributed by atoms with van der Waals surface area (Å²) < 4.78 is 4.86. The zero-order valence-corrected chi connectivity index (χ0v) is 12.3. The number of hydrogen-bond donors (Lipinski definition) is 1. The van der Waals surface area contributed by atoms with Gasteiger partial charge in [-0.15, -0.1) is 0 Å². The van der Waals surface area contributed by atoms with E-state index in [1.807, 2.05) is 40.8 Å². The maximum Gasteiger partial charge on any atom is 0.142 e. The van der Waals surface area contributed by atoms with Gasteiger partial charge in [0.1, 0.15) is 7.28 Å². The van der Waals surface area contributed by atoms with Gasteiger partial charge >= 0.3 is 0 Å². The fourth-order valence-electron chi connectivity index (χ4n) is 1.53. The van der Waals surface area contributed by atoms with Crippen LogP contribution in [-0.4, -0.2) is 24.6 Å². The fraction of sp³-hybridized carbons (Fsp3) is 0.857. The Kier molecular flexibility index (Phi) is 6.92. The van der Waals surface area contributed by atoms with Crippen LogP contribution in [0, 0.1) is 11.3 Å². The number of ether oxygens (including phenoxy) is 1. The zero-order valence-electron chi connectivity index (χ0n) is 12.3. The molecular weight excluding hydrogens is 211 g/mol. The molecule has 1 radical (unpaired) electrons. The van der Waals surface area contributed by atoms with Crippen molar-refractivity contribution in [3.63, 3.8) is 0 Å². The molecule has 0 aromatic heterocycles. The molecule has 0 amide bonds. The Hall–Kier alpha value is -0.435. The lowest BCUT2D eigenvalue weighted by Gasteiger charge is -2.37.